The van der Waals surface area contributed by atoms with Crippen molar-refractivity contribution < 1.29 is 4.79 Å². The number of rotatable bonds is 4. The van der Waals surface area contributed by atoms with Gasteiger partial charge in [0.25, 0.3) is 0 Å². The molecule has 3 nitrogen and oxygen atoms in total. The van der Waals surface area contributed by atoms with Crippen LogP contribution in [0.4, 0.5) is 5.69 Å². The third kappa shape index (κ3) is 5.75. The highest BCUT2D eigenvalue weighted by atomic mass is 35.5. The molecule has 2 N–H and O–H groups in total. The largest absolute Gasteiger partial charge is 0.331 e. The van der Waals surface area contributed by atoms with Crippen LogP contribution in [0.25, 0.3) is 0 Å². The van der Waals surface area contributed by atoms with Gasteiger partial charge >= 0.3 is 0 Å². The van der Waals surface area contributed by atoms with E-state index >= 15 is 0 Å². The van der Waals surface area contributed by atoms with Gasteiger partial charge < -0.3 is 10.6 Å². The molecule has 1 aromatic rings. The van der Waals surface area contributed by atoms with Crippen LogP contribution < -0.4 is 10.6 Å². The Labute approximate surface area is 146 Å². The van der Waals surface area contributed by atoms with Crippen molar-refractivity contribution in [1.29, 1.82) is 0 Å². The zero-order chi connectivity index (χ0) is 15.9. The van der Waals surface area contributed by atoms with Crippen molar-refractivity contribution in [3.05, 3.63) is 28.2 Å². The number of amides is 1. The number of halogens is 2. The second kappa shape index (κ2) is 8.70. The molecule has 1 aliphatic carbocycles. The first-order valence-corrected chi connectivity index (χ1v) is 8.77. The van der Waals surface area contributed by atoms with Gasteiger partial charge in [0.15, 0.2) is 5.11 Å². The van der Waals surface area contributed by atoms with Gasteiger partial charge in [-0.05, 0) is 42.8 Å². The van der Waals surface area contributed by atoms with Gasteiger partial charge in [-0.3, -0.25) is 4.79 Å². The Balaban J connectivity index is 1.76. The number of hydrogen-bond donors (Lipinski definition) is 2. The van der Waals surface area contributed by atoms with E-state index in [2.05, 4.69) is 10.6 Å². The van der Waals surface area contributed by atoms with Crippen LogP contribution in [0.3, 0.4) is 0 Å². The van der Waals surface area contributed by atoms with E-state index in [9.17, 15) is 4.79 Å². The fourth-order valence-corrected chi connectivity index (χ4v) is 3.31. The average molecular weight is 359 g/mol. The standard InChI is InChI=1S/C16H20Cl2N2OS/c17-12-7-8-13(18)14(10-12)19-16(22)20-15(21)9-6-11-4-2-1-3-5-11/h7-8,10-11H,1-6,9H2,(H2,19,20,21,22). The Morgan fingerprint density at radius 1 is 1.23 bits per heavy atom. The van der Waals surface area contributed by atoms with E-state index in [0.717, 1.165) is 6.42 Å². The highest BCUT2D eigenvalue weighted by Gasteiger charge is 2.15. The zero-order valence-corrected chi connectivity index (χ0v) is 14.7. The fraction of sp³-hybridized carbons (Fsp3) is 0.500. The molecule has 0 spiro atoms. The lowest BCUT2D eigenvalue weighted by molar-refractivity contribution is -0.120. The minimum Gasteiger partial charge on any atom is -0.331 e. The predicted octanol–water partition coefficient (Wildman–Crippen LogP) is 5.17. The minimum absolute atomic E-state index is 0.0544. The Kier molecular flexibility index (Phi) is 6.93. The quantitative estimate of drug-likeness (QED) is 0.729. The summed E-state index contributed by atoms with van der Waals surface area (Å²) in [5.41, 5.74) is 0.590. The van der Waals surface area contributed by atoms with Gasteiger partial charge in [0.1, 0.15) is 0 Å². The Bertz CT molecular complexity index is 545. The molecule has 0 unspecified atom stereocenters. The molecule has 120 valence electrons. The summed E-state index contributed by atoms with van der Waals surface area (Å²) in [5.74, 6) is 0.629. The molecule has 0 aromatic heterocycles. The van der Waals surface area contributed by atoms with Crippen molar-refractivity contribution in [1.82, 2.24) is 5.32 Å². The van der Waals surface area contributed by atoms with Gasteiger partial charge in [0.05, 0.1) is 10.7 Å². The van der Waals surface area contributed by atoms with E-state index in [1.165, 1.54) is 32.1 Å². The number of anilines is 1. The third-order valence-corrected chi connectivity index (χ3v) is 4.70. The third-order valence-electron chi connectivity index (χ3n) is 3.93. The van der Waals surface area contributed by atoms with Crippen LogP contribution in [0.5, 0.6) is 0 Å². The number of thiocarbonyl (C=S) groups is 1. The molecule has 0 aliphatic heterocycles. The van der Waals surface area contributed by atoms with Crippen molar-refractivity contribution >= 4 is 52.1 Å². The SMILES string of the molecule is O=C(CCC1CCCCC1)NC(=S)Nc1cc(Cl)ccc1Cl. The van der Waals surface area contributed by atoms with E-state index in [0.29, 0.717) is 28.1 Å². The van der Waals surface area contributed by atoms with Crippen LogP contribution in [0.1, 0.15) is 44.9 Å². The highest BCUT2D eigenvalue weighted by Crippen LogP contribution is 2.27. The van der Waals surface area contributed by atoms with Gasteiger partial charge in [-0.15, -0.1) is 0 Å². The first-order valence-electron chi connectivity index (χ1n) is 7.60. The lowest BCUT2D eigenvalue weighted by Crippen LogP contribution is -2.34. The van der Waals surface area contributed by atoms with E-state index < -0.39 is 0 Å². The van der Waals surface area contributed by atoms with Crippen LogP contribution in [-0.2, 0) is 4.79 Å². The summed E-state index contributed by atoms with van der Waals surface area (Å²) < 4.78 is 0. The molecule has 6 heteroatoms. The summed E-state index contributed by atoms with van der Waals surface area (Å²) >= 11 is 17.1. The monoisotopic (exact) mass is 358 g/mol. The zero-order valence-electron chi connectivity index (χ0n) is 12.3. The molecule has 1 aliphatic rings. The second-order valence-corrected chi connectivity index (χ2v) is 6.92. The highest BCUT2D eigenvalue weighted by molar-refractivity contribution is 7.80. The topological polar surface area (TPSA) is 41.1 Å². The van der Waals surface area contributed by atoms with Gasteiger partial charge in [-0.1, -0.05) is 55.3 Å². The number of hydrogen-bond acceptors (Lipinski definition) is 2. The molecule has 0 saturated heterocycles. The summed E-state index contributed by atoms with van der Waals surface area (Å²) in [6.45, 7) is 0. The number of carbonyl (C=O) groups is 1. The van der Waals surface area contributed by atoms with Crippen molar-refractivity contribution in [2.24, 2.45) is 5.92 Å². The fourth-order valence-electron chi connectivity index (χ4n) is 2.75. The molecule has 1 saturated carbocycles. The van der Waals surface area contributed by atoms with E-state index in [4.69, 9.17) is 35.4 Å². The molecule has 1 aromatic carbocycles. The number of nitrogens with one attached hydrogen (secondary N) is 2. The predicted molar refractivity (Wildman–Crippen MR) is 96.6 cm³/mol. The van der Waals surface area contributed by atoms with Crippen LogP contribution in [0, 0.1) is 5.92 Å². The average Bonchev–Trinajstić information content (AvgIpc) is 2.50. The summed E-state index contributed by atoms with van der Waals surface area (Å²) in [4.78, 5) is 11.9. The smallest absolute Gasteiger partial charge is 0.226 e. The van der Waals surface area contributed by atoms with Crippen molar-refractivity contribution in [2.45, 2.75) is 44.9 Å². The van der Waals surface area contributed by atoms with Crippen molar-refractivity contribution in [2.75, 3.05) is 5.32 Å². The molecule has 2 rings (SSSR count). The first kappa shape index (κ1) is 17.5. The summed E-state index contributed by atoms with van der Waals surface area (Å²) in [6, 6.07) is 5.05. The summed E-state index contributed by atoms with van der Waals surface area (Å²) in [7, 11) is 0. The molecule has 0 radical (unpaired) electrons. The van der Waals surface area contributed by atoms with E-state index in [-0.39, 0.29) is 11.0 Å². The van der Waals surface area contributed by atoms with Gasteiger partial charge in [-0.25, -0.2) is 0 Å². The van der Waals surface area contributed by atoms with Crippen LogP contribution in [-0.4, -0.2) is 11.0 Å². The summed E-state index contributed by atoms with van der Waals surface area (Å²) in [6.07, 6.45) is 7.85. The maximum absolute atomic E-state index is 11.9. The first-order chi connectivity index (χ1) is 10.5. The molecule has 1 fully saturated rings. The van der Waals surface area contributed by atoms with E-state index in [1.54, 1.807) is 18.2 Å². The molecule has 22 heavy (non-hydrogen) atoms. The van der Waals surface area contributed by atoms with Gasteiger partial charge in [0.2, 0.25) is 5.91 Å². The lowest BCUT2D eigenvalue weighted by Gasteiger charge is -2.21. The molecule has 0 heterocycles. The maximum atomic E-state index is 11.9. The Morgan fingerprint density at radius 3 is 2.68 bits per heavy atom. The molecular weight excluding hydrogens is 339 g/mol. The molecule has 1 amide bonds. The van der Waals surface area contributed by atoms with Crippen molar-refractivity contribution in [3.63, 3.8) is 0 Å². The number of carbonyl (C=O) groups excluding carboxylic acids is 1. The Hall–Kier alpha value is -0.840. The van der Waals surface area contributed by atoms with Crippen LogP contribution in [0.15, 0.2) is 18.2 Å². The van der Waals surface area contributed by atoms with Crippen molar-refractivity contribution in [3.8, 4) is 0 Å². The molecule has 0 atom stereocenters. The van der Waals surface area contributed by atoms with Gasteiger partial charge in [0, 0.05) is 11.4 Å². The minimum atomic E-state index is -0.0544. The molecular formula is C16H20Cl2N2OS. The summed E-state index contributed by atoms with van der Waals surface area (Å²) in [5, 5.41) is 6.90. The normalized spacial score (nSPS) is 15.4. The van der Waals surface area contributed by atoms with Crippen LogP contribution >= 0.6 is 35.4 Å². The molecule has 0 bridgehead atoms. The lowest BCUT2D eigenvalue weighted by atomic mass is 9.86. The Morgan fingerprint density at radius 2 is 1.95 bits per heavy atom. The van der Waals surface area contributed by atoms with Gasteiger partial charge in [-0.2, -0.15) is 0 Å². The second-order valence-electron chi connectivity index (χ2n) is 5.67. The maximum Gasteiger partial charge on any atom is 0.226 e. The van der Waals surface area contributed by atoms with E-state index in [1.807, 2.05) is 0 Å². The van der Waals surface area contributed by atoms with Crippen LogP contribution in [0.2, 0.25) is 10.0 Å². The number of benzene rings is 1.